The SMILES string of the molecule is CCCCNC(=O)Nc1c(OC)cccc1/C(N)=N/O. The van der Waals surface area contributed by atoms with E-state index in [1.807, 2.05) is 6.92 Å². The van der Waals surface area contributed by atoms with E-state index in [0.717, 1.165) is 12.8 Å². The molecular formula is C13H20N4O3. The first-order valence-electron chi connectivity index (χ1n) is 6.33. The van der Waals surface area contributed by atoms with Crippen LogP contribution >= 0.6 is 0 Å². The number of unbranched alkanes of at least 4 members (excludes halogenated alkanes) is 1. The molecule has 0 heterocycles. The van der Waals surface area contributed by atoms with E-state index in [1.165, 1.54) is 7.11 Å². The zero-order chi connectivity index (χ0) is 15.0. The largest absolute Gasteiger partial charge is 0.495 e. The van der Waals surface area contributed by atoms with Crippen LogP contribution < -0.4 is 21.1 Å². The van der Waals surface area contributed by atoms with Crippen LogP contribution in [-0.2, 0) is 0 Å². The van der Waals surface area contributed by atoms with Crippen LogP contribution in [0.3, 0.4) is 0 Å². The Labute approximate surface area is 117 Å². The lowest BCUT2D eigenvalue weighted by molar-refractivity contribution is 0.252. The summed E-state index contributed by atoms with van der Waals surface area (Å²) < 4.78 is 5.17. The van der Waals surface area contributed by atoms with Crippen molar-refractivity contribution in [3.05, 3.63) is 23.8 Å². The van der Waals surface area contributed by atoms with Crippen LogP contribution in [0.1, 0.15) is 25.3 Å². The Kier molecular flexibility index (Phi) is 6.15. The quantitative estimate of drug-likeness (QED) is 0.209. The van der Waals surface area contributed by atoms with Crippen LogP contribution in [0.4, 0.5) is 10.5 Å². The topological polar surface area (TPSA) is 109 Å². The van der Waals surface area contributed by atoms with Crippen LogP contribution in [0.5, 0.6) is 5.75 Å². The molecule has 0 aliphatic carbocycles. The van der Waals surface area contributed by atoms with Crippen molar-refractivity contribution in [1.29, 1.82) is 0 Å². The van der Waals surface area contributed by atoms with E-state index in [4.69, 9.17) is 15.7 Å². The van der Waals surface area contributed by atoms with Gasteiger partial charge in [0.25, 0.3) is 0 Å². The van der Waals surface area contributed by atoms with Crippen molar-refractivity contribution in [3.8, 4) is 5.75 Å². The zero-order valence-electron chi connectivity index (χ0n) is 11.6. The van der Waals surface area contributed by atoms with Gasteiger partial charge < -0.3 is 26.3 Å². The molecule has 0 bridgehead atoms. The van der Waals surface area contributed by atoms with Gasteiger partial charge in [-0.3, -0.25) is 0 Å². The number of amides is 2. The molecule has 20 heavy (non-hydrogen) atoms. The number of carbonyl (C=O) groups excluding carboxylic acids is 1. The fourth-order valence-electron chi connectivity index (χ4n) is 1.63. The average molecular weight is 280 g/mol. The fraction of sp³-hybridized carbons (Fsp3) is 0.385. The Morgan fingerprint density at radius 3 is 2.85 bits per heavy atom. The number of nitrogens with one attached hydrogen (secondary N) is 2. The number of nitrogens with two attached hydrogens (primary N) is 1. The number of amidine groups is 1. The Bertz CT molecular complexity index is 489. The second-order valence-corrected chi connectivity index (χ2v) is 4.10. The number of ether oxygens (including phenoxy) is 1. The van der Waals surface area contributed by atoms with Crippen LogP contribution in [0, 0.1) is 0 Å². The van der Waals surface area contributed by atoms with E-state index in [-0.39, 0.29) is 11.9 Å². The number of anilines is 1. The van der Waals surface area contributed by atoms with Crippen LogP contribution in [0.25, 0.3) is 0 Å². The second kappa shape index (κ2) is 7.88. The van der Waals surface area contributed by atoms with Crippen molar-refractivity contribution in [3.63, 3.8) is 0 Å². The molecule has 0 saturated heterocycles. The Hall–Kier alpha value is -2.44. The maximum Gasteiger partial charge on any atom is 0.319 e. The molecule has 0 saturated carbocycles. The highest BCUT2D eigenvalue weighted by Crippen LogP contribution is 2.28. The summed E-state index contributed by atoms with van der Waals surface area (Å²) in [5, 5.41) is 17.1. The van der Waals surface area contributed by atoms with Gasteiger partial charge in [-0.05, 0) is 18.6 Å². The first kappa shape index (κ1) is 15.6. The van der Waals surface area contributed by atoms with Gasteiger partial charge in [0.1, 0.15) is 5.75 Å². The normalized spacial score (nSPS) is 11.0. The van der Waals surface area contributed by atoms with Gasteiger partial charge in [0, 0.05) is 12.1 Å². The number of hydrogen-bond acceptors (Lipinski definition) is 4. The third-order valence-corrected chi connectivity index (χ3v) is 2.68. The lowest BCUT2D eigenvalue weighted by Crippen LogP contribution is -2.30. The Morgan fingerprint density at radius 1 is 1.50 bits per heavy atom. The van der Waals surface area contributed by atoms with Gasteiger partial charge >= 0.3 is 6.03 Å². The van der Waals surface area contributed by atoms with Crippen molar-refractivity contribution in [2.24, 2.45) is 10.9 Å². The first-order valence-corrected chi connectivity index (χ1v) is 6.33. The summed E-state index contributed by atoms with van der Waals surface area (Å²) in [5.41, 5.74) is 6.34. The molecule has 0 aliphatic rings. The van der Waals surface area contributed by atoms with Crippen molar-refractivity contribution >= 4 is 17.6 Å². The highest BCUT2D eigenvalue weighted by Gasteiger charge is 2.14. The summed E-state index contributed by atoms with van der Waals surface area (Å²) in [6.07, 6.45) is 1.89. The lowest BCUT2D eigenvalue weighted by Gasteiger charge is -2.14. The molecule has 1 aromatic carbocycles. The minimum absolute atomic E-state index is 0.104. The summed E-state index contributed by atoms with van der Waals surface area (Å²) in [6, 6.07) is 4.62. The zero-order valence-corrected chi connectivity index (χ0v) is 11.6. The molecule has 2 amide bonds. The number of carbonyl (C=O) groups is 1. The molecule has 110 valence electrons. The minimum atomic E-state index is -0.366. The molecule has 1 rings (SSSR count). The number of urea groups is 1. The van der Waals surface area contributed by atoms with Crippen LogP contribution in [0.2, 0.25) is 0 Å². The third kappa shape index (κ3) is 4.04. The predicted molar refractivity (Wildman–Crippen MR) is 77.4 cm³/mol. The molecule has 7 heteroatoms. The van der Waals surface area contributed by atoms with E-state index >= 15 is 0 Å². The van der Waals surface area contributed by atoms with Gasteiger partial charge in [0.2, 0.25) is 0 Å². The van der Waals surface area contributed by atoms with Gasteiger partial charge in [-0.1, -0.05) is 24.6 Å². The van der Waals surface area contributed by atoms with E-state index < -0.39 is 0 Å². The van der Waals surface area contributed by atoms with Gasteiger partial charge in [-0.15, -0.1) is 0 Å². The molecule has 1 aromatic rings. The molecular weight excluding hydrogens is 260 g/mol. The van der Waals surface area contributed by atoms with Crippen molar-refractivity contribution < 1.29 is 14.7 Å². The number of rotatable bonds is 6. The van der Waals surface area contributed by atoms with Gasteiger partial charge in [-0.25, -0.2) is 4.79 Å². The maximum absolute atomic E-state index is 11.8. The number of oxime groups is 1. The molecule has 5 N–H and O–H groups in total. The fourth-order valence-corrected chi connectivity index (χ4v) is 1.63. The summed E-state index contributed by atoms with van der Waals surface area (Å²) >= 11 is 0. The lowest BCUT2D eigenvalue weighted by atomic mass is 10.1. The molecule has 0 aliphatic heterocycles. The van der Waals surface area contributed by atoms with Crippen molar-refractivity contribution in [2.45, 2.75) is 19.8 Å². The standard InChI is InChI=1S/C13H20N4O3/c1-3-4-8-15-13(18)16-11-9(12(14)17-19)6-5-7-10(11)20-2/h5-7,19H,3-4,8H2,1-2H3,(H2,14,17)(H2,15,16,18). The van der Waals surface area contributed by atoms with Gasteiger partial charge in [-0.2, -0.15) is 0 Å². The van der Waals surface area contributed by atoms with Gasteiger partial charge in [0.15, 0.2) is 5.84 Å². The monoisotopic (exact) mass is 280 g/mol. The first-order chi connectivity index (χ1) is 9.63. The molecule has 7 nitrogen and oxygen atoms in total. The molecule has 0 unspecified atom stereocenters. The molecule has 0 spiro atoms. The summed E-state index contributed by atoms with van der Waals surface area (Å²) in [7, 11) is 1.48. The average Bonchev–Trinajstić information content (AvgIpc) is 2.47. The highest BCUT2D eigenvalue weighted by atomic mass is 16.5. The number of methoxy groups -OCH3 is 1. The van der Waals surface area contributed by atoms with E-state index in [2.05, 4.69) is 15.8 Å². The number of para-hydroxylation sites is 1. The summed E-state index contributed by atoms with van der Waals surface area (Å²) in [6.45, 7) is 2.62. The van der Waals surface area contributed by atoms with Crippen LogP contribution in [-0.4, -0.2) is 30.7 Å². The molecule has 0 radical (unpaired) electrons. The van der Waals surface area contributed by atoms with Crippen LogP contribution in [0.15, 0.2) is 23.4 Å². The number of hydrogen-bond donors (Lipinski definition) is 4. The summed E-state index contributed by atoms with van der Waals surface area (Å²) in [5.74, 6) is 0.326. The maximum atomic E-state index is 11.8. The molecule has 0 aromatic heterocycles. The smallest absolute Gasteiger partial charge is 0.319 e. The van der Waals surface area contributed by atoms with E-state index in [9.17, 15) is 4.79 Å². The Balaban J connectivity index is 2.94. The minimum Gasteiger partial charge on any atom is -0.495 e. The van der Waals surface area contributed by atoms with E-state index in [1.54, 1.807) is 18.2 Å². The molecule has 0 fully saturated rings. The summed E-state index contributed by atoms with van der Waals surface area (Å²) in [4.78, 5) is 11.8. The third-order valence-electron chi connectivity index (χ3n) is 2.68. The number of benzene rings is 1. The second-order valence-electron chi connectivity index (χ2n) is 4.10. The number of nitrogens with zero attached hydrogens (tertiary/aromatic N) is 1. The predicted octanol–water partition coefficient (Wildman–Crippen LogP) is 1.71. The Morgan fingerprint density at radius 2 is 2.25 bits per heavy atom. The highest BCUT2D eigenvalue weighted by molar-refractivity contribution is 6.06. The van der Waals surface area contributed by atoms with Gasteiger partial charge in [0.05, 0.1) is 12.8 Å². The van der Waals surface area contributed by atoms with E-state index in [0.29, 0.717) is 23.5 Å². The van der Waals surface area contributed by atoms with Crippen molar-refractivity contribution in [2.75, 3.05) is 19.0 Å². The molecule has 0 atom stereocenters. The van der Waals surface area contributed by atoms with Crippen molar-refractivity contribution in [1.82, 2.24) is 5.32 Å².